The van der Waals surface area contributed by atoms with Gasteiger partial charge in [-0.15, -0.1) is 0 Å². The number of Topliss-reactive ketones (excluding diaryl/α,β-unsaturated/α-hetero) is 1. The van der Waals surface area contributed by atoms with Crippen LogP contribution in [0.4, 0.5) is 0 Å². The minimum atomic E-state index is -0.330. The summed E-state index contributed by atoms with van der Waals surface area (Å²) < 4.78 is 0. The Kier molecular flexibility index (Phi) is 1.49. The van der Waals surface area contributed by atoms with E-state index in [1.165, 1.54) is 0 Å². The predicted octanol–water partition coefficient (Wildman–Crippen LogP) is 2.07. The Labute approximate surface area is 84.1 Å². The van der Waals surface area contributed by atoms with Gasteiger partial charge in [-0.2, -0.15) is 4.79 Å². The van der Waals surface area contributed by atoms with Gasteiger partial charge in [-0.1, -0.05) is 20.8 Å². The molecular formula is C11H16N2O. The molecule has 2 rings (SSSR count). The van der Waals surface area contributed by atoms with Crippen LogP contribution in [-0.4, -0.2) is 16.3 Å². The Morgan fingerprint density at radius 1 is 1.14 bits per heavy atom. The summed E-state index contributed by atoms with van der Waals surface area (Å²) in [5.74, 6) is 0.0405. The fourth-order valence-corrected chi connectivity index (χ4v) is 3.21. The second kappa shape index (κ2) is 2.17. The van der Waals surface area contributed by atoms with E-state index >= 15 is 0 Å². The number of hydrogen-bond donors (Lipinski definition) is 0. The number of nitrogens with zero attached hydrogens (tertiary/aromatic N) is 2. The van der Waals surface area contributed by atoms with Gasteiger partial charge in [0.05, 0.1) is 5.41 Å². The largest absolute Gasteiger partial charge is 0.361 e. The van der Waals surface area contributed by atoms with Gasteiger partial charge < -0.3 is 5.53 Å². The first kappa shape index (κ1) is 9.60. The summed E-state index contributed by atoms with van der Waals surface area (Å²) in [5.41, 5.74) is 8.65. The molecule has 0 aromatic rings. The smallest absolute Gasteiger partial charge is 0.341 e. The molecule has 0 radical (unpaired) electrons. The van der Waals surface area contributed by atoms with Crippen LogP contribution in [0.15, 0.2) is 0 Å². The van der Waals surface area contributed by atoms with E-state index in [2.05, 4.69) is 18.6 Å². The van der Waals surface area contributed by atoms with Crippen molar-refractivity contribution in [1.29, 1.82) is 0 Å². The Bertz CT molecular complexity index is 379. The first-order chi connectivity index (χ1) is 6.31. The summed E-state index contributed by atoms with van der Waals surface area (Å²) >= 11 is 0. The van der Waals surface area contributed by atoms with Gasteiger partial charge in [0.1, 0.15) is 0 Å². The molecule has 0 heterocycles. The highest BCUT2D eigenvalue weighted by atomic mass is 16.1. The molecule has 2 bridgehead atoms. The Morgan fingerprint density at radius 3 is 1.93 bits per heavy atom. The molecule has 2 aliphatic carbocycles. The van der Waals surface area contributed by atoms with Crippen LogP contribution >= 0.6 is 0 Å². The van der Waals surface area contributed by atoms with Crippen molar-refractivity contribution in [2.24, 2.45) is 16.2 Å². The van der Waals surface area contributed by atoms with Crippen LogP contribution in [0.25, 0.3) is 5.53 Å². The van der Waals surface area contributed by atoms with E-state index in [9.17, 15) is 4.79 Å². The van der Waals surface area contributed by atoms with Crippen LogP contribution in [0.5, 0.6) is 0 Å². The van der Waals surface area contributed by atoms with Crippen LogP contribution in [0, 0.1) is 16.2 Å². The normalized spacial score (nSPS) is 44.3. The summed E-state index contributed by atoms with van der Waals surface area (Å²) in [4.78, 5) is 15.3. The van der Waals surface area contributed by atoms with Crippen molar-refractivity contribution < 1.29 is 9.58 Å². The van der Waals surface area contributed by atoms with Crippen molar-refractivity contribution in [3.8, 4) is 0 Å². The summed E-state index contributed by atoms with van der Waals surface area (Å²) in [6, 6.07) is 0. The van der Waals surface area contributed by atoms with Crippen LogP contribution in [0.3, 0.4) is 0 Å². The lowest BCUT2D eigenvalue weighted by Gasteiger charge is -2.34. The molecule has 0 aliphatic heterocycles. The molecule has 76 valence electrons. The number of ketones is 1. The van der Waals surface area contributed by atoms with Crippen LogP contribution in [-0.2, 0) is 4.79 Å². The van der Waals surface area contributed by atoms with E-state index in [1.54, 1.807) is 0 Å². The third kappa shape index (κ3) is 0.631. The summed E-state index contributed by atoms with van der Waals surface area (Å²) in [6.45, 7) is 8.25. The van der Waals surface area contributed by atoms with Gasteiger partial charge in [0.25, 0.3) is 0 Å². The summed E-state index contributed by atoms with van der Waals surface area (Å²) in [7, 11) is 0. The SMILES string of the molecule is CC12CCC(C)(C(=[N+]=[N-])C1=O)C2(C)C. The molecule has 0 amide bonds. The zero-order valence-electron chi connectivity index (χ0n) is 9.22. The molecule has 14 heavy (non-hydrogen) atoms. The maximum atomic E-state index is 12.0. The molecule has 2 fully saturated rings. The molecule has 0 saturated heterocycles. The topological polar surface area (TPSA) is 53.5 Å². The third-order valence-corrected chi connectivity index (χ3v) is 5.22. The lowest BCUT2D eigenvalue weighted by Crippen LogP contribution is -2.34. The van der Waals surface area contributed by atoms with Crippen LogP contribution in [0.1, 0.15) is 40.5 Å². The molecule has 3 heteroatoms. The molecule has 0 N–H and O–H groups in total. The lowest BCUT2D eigenvalue weighted by molar-refractivity contribution is -0.126. The molecule has 2 unspecified atom stereocenters. The second-order valence-corrected chi connectivity index (χ2v) is 5.57. The van der Waals surface area contributed by atoms with Crippen molar-refractivity contribution >= 4 is 11.5 Å². The number of carbonyl (C=O) groups excluding carboxylic acids is 1. The first-order valence-electron chi connectivity index (χ1n) is 5.08. The number of hydrogen-bond acceptors (Lipinski definition) is 1. The summed E-state index contributed by atoms with van der Waals surface area (Å²) in [6.07, 6.45) is 1.86. The fourth-order valence-electron chi connectivity index (χ4n) is 3.21. The highest BCUT2D eigenvalue weighted by molar-refractivity contribution is 6.44. The van der Waals surface area contributed by atoms with Crippen molar-refractivity contribution in [1.82, 2.24) is 0 Å². The molecule has 0 aromatic heterocycles. The van der Waals surface area contributed by atoms with Crippen molar-refractivity contribution in [3.63, 3.8) is 0 Å². The highest BCUT2D eigenvalue weighted by Crippen LogP contribution is 2.68. The molecular weight excluding hydrogens is 176 g/mol. The molecule has 2 aliphatic rings. The average molecular weight is 192 g/mol. The van der Waals surface area contributed by atoms with Crippen LogP contribution < -0.4 is 0 Å². The Balaban J connectivity index is 2.75. The van der Waals surface area contributed by atoms with E-state index in [-0.39, 0.29) is 22.0 Å². The molecule has 2 saturated carbocycles. The van der Waals surface area contributed by atoms with Gasteiger partial charge in [-0.3, -0.25) is 4.79 Å². The fraction of sp³-hybridized carbons (Fsp3) is 0.818. The van der Waals surface area contributed by atoms with Crippen molar-refractivity contribution in [2.45, 2.75) is 40.5 Å². The zero-order chi connectivity index (χ0) is 10.8. The maximum Gasteiger partial charge on any atom is 0.341 e. The Morgan fingerprint density at radius 2 is 1.64 bits per heavy atom. The average Bonchev–Trinajstić information content (AvgIpc) is 2.34. The van der Waals surface area contributed by atoms with Gasteiger partial charge in [0, 0.05) is 5.41 Å². The maximum absolute atomic E-state index is 12.0. The van der Waals surface area contributed by atoms with Gasteiger partial charge in [0.15, 0.2) is 0 Å². The van der Waals surface area contributed by atoms with E-state index in [4.69, 9.17) is 5.53 Å². The molecule has 3 nitrogen and oxygen atoms in total. The van der Waals surface area contributed by atoms with Gasteiger partial charge >= 0.3 is 5.71 Å². The highest BCUT2D eigenvalue weighted by Gasteiger charge is 2.75. The van der Waals surface area contributed by atoms with E-state index in [0.29, 0.717) is 5.71 Å². The zero-order valence-corrected chi connectivity index (χ0v) is 9.22. The minimum absolute atomic E-state index is 0.0405. The van der Waals surface area contributed by atoms with E-state index < -0.39 is 0 Å². The predicted molar refractivity (Wildman–Crippen MR) is 52.9 cm³/mol. The molecule has 0 spiro atoms. The number of rotatable bonds is 0. The van der Waals surface area contributed by atoms with Crippen molar-refractivity contribution in [3.05, 3.63) is 5.53 Å². The van der Waals surface area contributed by atoms with Gasteiger partial charge in [-0.05, 0) is 25.2 Å². The standard InChI is InChI=1S/C11H16N2O/c1-9(2)10(3)5-6-11(9,4)8(14)7(10)13-12/h5-6H2,1-4H3. The third-order valence-electron chi connectivity index (χ3n) is 5.22. The first-order valence-corrected chi connectivity index (χ1v) is 5.08. The Hall–Kier alpha value is -0.950. The summed E-state index contributed by atoms with van der Waals surface area (Å²) in [5, 5.41) is 0. The van der Waals surface area contributed by atoms with Crippen molar-refractivity contribution in [2.75, 3.05) is 0 Å². The number of carbonyl (C=O) groups is 1. The van der Waals surface area contributed by atoms with E-state index in [1.807, 2.05) is 13.8 Å². The number of fused-ring (bicyclic) bond motifs is 2. The minimum Gasteiger partial charge on any atom is -0.361 e. The molecule has 2 atom stereocenters. The van der Waals surface area contributed by atoms with Gasteiger partial charge in [-0.25, -0.2) is 0 Å². The van der Waals surface area contributed by atoms with Gasteiger partial charge in [0.2, 0.25) is 5.78 Å². The molecule has 0 aromatic carbocycles. The van der Waals surface area contributed by atoms with Crippen LogP contribution in [0.2, 0.25) is 0 Å². The lowest BCUT2D eigenvalue weighted by atomic mass is 9.66. The monoisotopic (exact) mass is 192 g/mol. The second-order valence-electron chi connectivity index (χ2n) is 5.57. The van der Waals surface area contributed by atoms with E-state index in [0.717, 1.165) is 12.8 Å². The quantitative estimate of drug-likeness (QED) is 0.428.